The summed E-state index contributed by atoms with van der Waals surface area (Å²) in [5.74, 6) is 0.435. The first-order chi connectivity index (χ1) is 5.29. The number of nitrogens with zero attached hydrogens (tertiary/aromatic N) is 2. The Bertz CT molecular complexity index is 269. The van der Waals surface area contributed by atoms with E-state index >= 15 is 0 Å². The fraction of sp³-hybridized carbons (Fsp3) is 0.143. The van der Waals surface area contributed by atoms with E-state index in [2.05, 4.69) is 34.2 Å². The molecule has 0 spiro atoms. The van der Waals surface area contributed by atoms with Crippen LogP contribution in [0.15, 0.2) is 25.0 Å². The lowest BCUT2D eigenvalue weighted by molar-refractivity contribution is 0.111. The summed E-state index contributed by atoms with van der Waals surface area (Å²) in [6, 6.07) is 0. The minimum absolute atomic E-state index is 0.0929. The summed E-state index contributed by atoms with van der Waals surface area (Å²) in [6.45, 7) is 3.62. The van der Waals surface area contributed by atoms with Gasteiger partial charge in [0.25, 0.3) is 0 Å². The molecule has 1 heterocycles. The largest absolute Gasteiger partial charge is 0.313 e. The van der Waals surface area contributed by atoms with Gasteiger partial charge in [0.15, 0.2) is 12.1 Å². The van der Waals surface area contributed by atoms with Crippen molar-refractivity contribution in [2.45, 2.75) is 4.05 Å². The number of hydrogen-bond donors (Lipinski definition) is 0. The fourth-order valence-corrected chi connectivity index (χ4v) is 1.21. The van der Waals surface area contributed by atoms with E-state index in [1.165, 1.54) is 0 Å². The highest BCUT2D eigenvalue weighted by atomic mass is 127. The van der Waals surface area contributed by atoms with Gasteiger partial charge in [0.05, 0.1) is 0 Å². The lowest BCUT2D eigenvalue weighted by Gasteiger charge is -2.05. The van der Waals surface area contributed by atoms with Crippen LogP contribution in [0, 0.1) is 0 Å². The molecule has 4 heteroatoms. The lowest BCUT2D eigenvalue weighted by Crippen LogP contribution is -2.02. The van der Waals surface area contributed by atoms with Gasteiger partial charge in [-0.25, -0.2) is 4.98 Å². The van der Waals surface area contributed by atoms with Gasteiger partial charge >= 0.3 is 0 Å². The second kappa shape index (κ2) is 3.66. The molecule has 0 fully saturated rings. The lowest BCUT2D eigenvalue weighted by atomic mass is 10.5. The Hall–Kier alpha value is -0.650. The van der Waals surface area contributed by atoms with Crippen molar-refractivity contribution in [2.75, 3.05) is 0 Å². The number of imidazole rings is 1. The number of alkyl halides is 1. The normalized spacial score (nSPS) is 12.5. The van der Waals surface area contributed by atoms with Crippen molar-refractivity contribution in [3.05, 3.63) is 30.9 Å². The molecule has 0 N–H and O–H groups in total. The summed E-state index contributed by atoms with van der Waals surface area (Å²) >= 11 is 2.16. The van der Waals surface area contributed by atoms with Crippen LogP contribution < -0.4 is 0 Å². The molecule has 1 aromatic rings. The highest BCUT2D eigenvalue weighted by Gasteiger charge is 2.05. The Balaban J connectivity index is 3.00. The van der Waals surface area contributed by atoms with E-state index in [4.69, 9.17) is 0 Å². The summed E-state index contributed by atoms with van der Waals surface area (Å²) in [4.78, 5) is 14.2. The van der Waals surface area contributed by atoms with Crippen molar-refractivity contribution >= 4 is 28.9 Å². The van der Waals surface area contributed by atoms with Gasteiger partial charge in [-0.15, -0.1) is 6.58 Å². The predicted octanol–water partition coefficient (Wildman–Crippen LogP) is 1.82. The molecule has 11 heavy (non-hydrogen) atoms. The average Bonchev–Trinajstić information content (AvgIpc) is 2.50. The van der Waals surface area contributed by atoms with E-state index in [1.54, 1.807) is 23.0 Å². The quantitative estimate of drug-likeness (QED) is 0.360. The fourth-order valence-electron chi connectivity index (χ4n) is 0.738. The minimum atomic E-state index is 0.0929. The summed E-state index contributed by atoms with van der Waals surface area (Å²) in [7, 11) is 0. The van der Waals surface area contributed by atoms with Crippen LogP contribution in [0.5, 0.6) is 0 Å². The number of rotatable bonds is 3. The van der Waals surface area contributed by atoms with Crippen LogP contribution in [0.1, 0.15) is 14.7 Å². The van der Waals surface area contributed by atoms with Crippen LogP contribution in [-0.4, -0.2) is 15.8 Å². The first-order valence-corrected chi connectivity index (χ1v) is 4.28. The van der Waals surface area contributed by atoms with E-state index in [9.17, 15) is 4.79 Å². The maximum Gasteiger partial charge on any atom is 0.185 e. The van der Waals surface area contributed by atoms with Crippen LogP contribution in [0.3, 0.4) is 0 Å². The topological polar surface area (TPSA) is 34.9 Å². The average molecular weight is 262 g/mol. The Morgan fingerprint density at radius 3 is 3.09 bits per heavy atom. The molecule has 0 saturated heterocycles. The first kappa shape index (κ1) is 8.45. The van der Waals surface area contributed by atoms with Gasteiger partial charge < -0.3 is 4.57 Å². The van der Waals surface area contributed by atoms with Crippen molar-refractivity contribution in [3.8, 4) is 0 Å². The molecule has 1 rings (SSSR count). The van der Waals surface area contributed by atoms with Crippen LogP contribution in [0.2, 0.25) is 0 Å². The Kier molecular flexibility index (Phi) is 2.81. The second-order valence-corrected chi connectivity index (χ2v) is 3.20. The van der Waals surface area contributed by atoms with E-state index < -0.39 is 0 Å². The third-order valence-electron chi connectivity index (χ3n) is 1.26. The predicted molar refractivity (Wildman–Crippen MR) is 50.9 cm³/mol. The van der Waals surface area contributed by atoms with Gasteiger partial charge in [0.1, 0.15) is 4.05 Å². The third kappa shape index (κ3) is 1.68. The van der Waals surface area contributed by atoms with Gasteiger partial charge in [-0.3, -0.25) is 4.79 Å². The smallest absolute Gasteiger partial charge is 0.185 e. The molecule has 1 aromatic heterocycles. The highest BCUT2D eigenvalue weighted by molar-refractivity contribution is 14.1. The third-order valence-corrected chi connectivity index (χ3v) is 2.37. The zero-order chi connectivity index (χ0) is 8.27. The molecule has 0 amide bonds. The summed E-state index contributed by atoms with van der Waals surface area (Å²) in [6.07, 6.45) is 5.83. The number of hydrogen-bond acceptors (Lipinski definition) is 2. The zero-order valence-electron chi connectivity index (χ0n) is 5.77. The van der Waals surface area contributed by atoms with Gasteiger partial charge in [-0.1, -0.05) is 28.7 Å². The van der Waals surface area contributed by atoms with Crippen molar-refractivity contribution < 1.29 is 4.79 Å². The second-order valence-electron chi connectivity index (χ2n) is 1.92. The Labute approximate surface area is 78.3 Å². The molecule has 1 atom stereocenters. The van der Waals surface area contributed by atoms with E-state index in [-0.39, 0.29) is 4.05 Å². The van der Waals surface area contributed by atoms with Gasteiger partial charge in [0, 0.05) is 12.4 Å². The molecular formula is C7H7IN2O. The maximum atomic E-state index is 10.4. The zero-order valence-corrected chi connectivity index (χ0v) is 7.93. The maximum absolute atomic E-state index is 10.4. The number of aromatic nitrogens is 2. The molecule has 0 bridgehead atoms. The number of halogens is 1. The van der Waals surface area contributed by atoms with E-state index in [1.807, 2.05) is 0 Å². The summed E-state index contributed by atoms with van der Waals surface area (Å²) in [5, 5.41) is 0. The molecule has 58 valence electrons. The van der Waals surface area contributed by atoms with Gasteiger partial charge in [-0.05, 0) is 0 Å². The van der Waals surface area contributed by atoms with Crippen molar-refractivity contribution in [1.82, 2.24) is 9.55 Å². The van der Waals surface area contributed by atoms with E-state index in [0.717, 1.165) is 6.29 Å². The monoisotopic (exact) mass is 262 g/mol. The highest BCUT2D eigenvalue weighted by Crippen LogP contribution is 2.17. The van der Waals surface area contributed by atoms with Crippen LogP contribution >= 0.6 is 22.6 Å². The van der Waals surface area contributed by atoms with Gasteiger partial charge in [-0.2, -0.15) is 0 Å². The molecular weight excluding hydrogens is 255 g/mol. The van der Waals surface area contributed by atoms with E-state index in [0.29, 0.717) is 5.82 Å². The van der Waals surface area contributed by atoms with Crippen LogP contribution in [-0.2, 0) is 0 Å². The van der Waals surface area contributed by atoms with Crippen LogP contribution in [0.25, 0.3) is 0 Å². The summed E-state index contributed by atoms with van der Waals surface area (Å²) in [5.41, 5.74) is 0. The number of allylic oxidation sites excluding steroid dienone is 1. The molecule has 0 aliphatic carbocycles. The van der Waals surface area contributed by atoms with Crippen molar-refractivity contribution in [3.63, 3.8) is 0 Å². The number of aldehydes is 1. The summed E-state index contributed by atoms with van der Waals surface area (Å²) < 4.78 is 1.84. The Morgan fingerprint density at radius 2 is 2.55 bits per heavy atom. The van der Waals surface area contributed by atoms with Crippen molar-refractivity contribution in [2.24, 2.45) is 0 Å². The molecule has 1 unspecified atom stereocenters. The molecule has 3 nitrogen and oxygen atoms in total. The molecule has 0 aliphatic rings. The first-order valence-electron chi connectivity index (χ1n) is 3.04. The van der Waals surface area contributed by atoms with Crippen LogP contribution in [0.4, 0.5) is 0 Å². The minimum Gasteiger partial charge on any atom is -0.313 e. The standard InChI is InChI=1S/C7H7IN2O/c1-2-6(8)10-4-3-9-7(10)5-11/h2-6H,1H2. The molecule has 0 saturated carbocycles. The molecule has 0 aliphatic heterocycles. The number of carbonyl (C=O) groups is 1. The van der Waals surface area contributed by atoms with Crippen molar-refractivity contribution in [1.29, 1.82) is 0 Å². The SMILES string of the molecule is C=CC(I)n1ccnc1C=O. The van der Waals surface area contributed by atoms with Gasteiger partial charge in [0.2, 0.25) is 0 Å². The Morgan fingerprint density at radius 1 is 1.82 bits per heavy atom. The number of carbonyl (C=O) groups excluding carboxylic acids is 1. The molecule has 0 radical (unpaired) electrons. The molecule has 0 aromatic carbocycles.